The van der Waals surface area contributed by atoms with Crippen LogP contribution < -0.4 is 20.7 Å². The predicted octanol–water partition coefficient (Wildman–Crippen LogP) is 15.2. The first-order valence-electron chi connectivity index (χ1n) is 24.3. The molecule has 0 bridgehead atoms. The van der Waals surface area contributed by atoms with Crippen molar-refractivity contribution < 1.29 is 4.42 Å². The van der Waals surface area contributed by atoms with Gasteiger partial charge in [-0.25, -0.2) is 0 Å². The minimum absolute atomic E-state index is 0.906. The summed E-state index contributed by atoms with van der Waals surface area (Å²) < 4.78 is 14.0. The van der Waals surface area contributed by atoms with Crippen LogP contribution >= 0.6 is 11.3 Å². The van der Waals surface area contributed by atoms with Gasteiger partial charge in [0.05, 0.1) is 22.1 Å². The van der Waals surface area contributed by atoms with Crippen molar-refractivity contribution in [3.63, 3.8) is 0 Å². The molecule has 0 aliphatic rings. The molecule has 0 spiro atoms. The van der Waals surface area contributed by atoms with E-state index >= 15 is 0 Å². The van der Waals surface area contributed by atoms with Gasteiger partial charge in [-0.2, -0.15) is 0 Å². The fraction of sp³-hybridized carbons (Fsp3) is 0. The summed E-state index contributed by atoms with van der Waals surface area (Å²) in [5.41, 5.74) is 11.4. The lowest BCUT2D eigenvalue weighted by Crippen LogP contribution is -2.74. The van der Waals surface area contributed by atoms with Gasteiger partial charge in [-0.15, -0.1) is 11.3 Å². The van der Waals surface area contributed by atoms with Crippen LogP contribution in [0.15, 0.2) is 259 Å². The maximum atomic E-state index is 6.46. The van der Waals surface area contributed by atoms with E-state index in [1.54, 1.807) is 0 Å². The average molecular weight is 939 g/mol. The molecule has 3 nitrogen and oxygen atoms in total. The second-order valence-electron chi connectivity index (χ2n) is 18.7. The minimum Gasteiger partial charge on any atom is -0.456 e. The van der Waals surface area contributed by atoms with E-state index in [0.29, 0.717) is 0 Å². The normalized spacial score (nSPS) is 12.2. The van der Waals surface area contributed by atoms with Gasteiger partial charge in [-0.3, -0.25) is 0 Å². The second-order valence-corrected chi connectivity index (χ2v) is 23.6. The predicted molar refractivity (Wildman–Crippen MR) is 304 cm³/mol. The molecule has 15 aromatic rings. The molecule has 5 heteroatoms. The van der Waals surface area contributed by atoms with Crippen molar-refractivity contribution in [1.29, 1.82) is 0 Å². The van der Waals surface area contributed by atoms with Crippen LogP contribution in [0.3, 0.4) is 0 Å². The number of thiophene rings is 1. The Balaban J connectivity index is 0.978. The van der Waals surface area contributed by atoms with Crippen LogP contribution in [-0.4, -0.2) is 17.2 Å². The molecule has 332 valence electrons. The number of para-hydroxylation sites is 3. The first-order chi connectivity index (χ1) is 35.2. The van der Waals surface area contributed by atoms with E-state index in [9.17, 15) is 0 Å². The van der Waals surface area contributed by atoms with Crippen LogP contribution in [0.1, 0.15) is 0 Å². The highest BCUT2D eigenvalue weighted by atomic mass is 32.1. The van der Waals surface area contributed by atoms with Crippen molar-refractivity contribution in [2.24, 2.45) is 0 Å². The Morgan fingerprint density at radius 1 is 0.324 bits per heavy atom. The maximum Gasteiger partial charge on any atom is 0.180 e. The molecule has 4 heterocycles. The van der Waals surface area contributed by atoms with E-state index in [1.165, 1.54) is 95.7 Å². The van der Waals surface area contributed by atoms with Crippen LogP contribution in [0.2, 0.25) is 0 Å². The fourth-order valence-electron chi connectivity index (χ4n) is 12.1. The Morgan fingerprint density at radius 2 is 0.901 bits per heavy atom. The molecule has 0 N–H and O–H groups in total. The first-order valence-corrected chi connectivity index (χ1v) is 27.1. The summed E-state index contributed by atoms with van der Waals surface area (Å²) in [6, 6.07) is 94.6. The number of hydrogen-bond acceptors (Lipinski definition) is 2. The molecule has 0 aliphatic heterocycles. The van der Waals surface area contributed by atoms with E-state index in [-0.39, 0.29) is 0 Å². The van der Waals surface area contributed by atoms with E-state index in [4.69, 9.17) is 4.42 Å². The zero-order valence-electron chi connectivity index (χ0n) is 38.5. The first kappa shape index (κ1) is 40.2. The summed E-state index contributed by atoms with van der Waals surface area (Å²) in [5.74, 6) is 0. The third-order valence-electron chi connectivity index (χ3n) is 15.1. The van der Waals surface area contributed by atoms with Gasteiger partial charge >= 0.3 is 0 Å². The Kier molecular flexibility index (Phi) is 8.85. The van der Waals surface area contributed by atoms with Crippen LogP contribution in [0, 0.1) is 0 Å². The van der Waals surface area contributed by atoms with E-state index in [1.807, 2.05) is 11.3 Å². The lowest BCUT2D eigenvalue weighted by Gasteiger charge is -2.35. The zero-order valence-corrected chi connectivity index (χ0v) is 40.3. The van der Waals surface area contributed by atoms with Crippen LogP contribution in [0.4, 0.5) is 0 Å². The molecule has 0 saturated heterocycles. The standard InChI is InChI=1S/C66H42N2OSSi/c1-4-18-43(19-5-1)49-27-16-32-63-65(49)55-41-45(35-39-62(55)70-63)67-56-28-13-10-24-50(56)53-40-44(34-37-58(53)67)68-57-29-14-11-26-52(57)66-59(68)30-17-33-64(66)71(46-20-6-2-7-21-46,47-22-8-3-9-23-47)48-36-38-61-54(42-48)51-25-12-15-31-60(51)69-61/h1-42H. The Morgan fingerprint density at radius 3 is 1.68 bits per heavy atom. The van der Waals surface area contributed by atoms with Crippen molar-refractivity contribution in [1.82, 2.24) is 9.13 Å². The smallest absolute Gasteiger partial charge is 0.180 e. The van der Waals surface area contributed by atoms with Crippen LogP contribution in [-0.2, 0) is 0 Å². The summed E-state index contributed by atoms with van der Waals surface area (Å²) >= 11 is 1.87. The number of furan rings is 1. The summed E-state index contributed by atoms with van der Waals surface area (Å²) in [4.78, 5) is 0. The van der Waals surface area contributed by atoms with Crippen LogP contribution in [0.5, 0.6) is 0 Å². The van der Waals surface area contributed by atoms with Gasteiger partial charge in [0.2, 0.25) is 0 Å². The number of fused-ring (bicyclic) bond motifs is 12. The molecule has 0 fully saturated rings. The molecule has 0 radical (unpaired) electrons. The monoisotopic (exact) mass is 938 g/mol. The average Bonchev–Trinajstić information content (AvgIpc) is 4.20. The fourth-order valence-corrected chi connectivity index (χ4v) is 18.2. The Hall–Kier alpha value is -8.74. The number of aromatic nitrogens is 2. The van der Waals surface area contributed by atoms with Gasteiger partial charge in [0.25, 0.3) is 0 Å². The number of nitrogens with zero attached hydrogens (tertiary/aromatic N) is 2. The third kappa shape index (κ3) is 5.88. The Labute approximate surface area is 414 Å². The van der Waals surface area contributed by atoms with E-state index in [0.717, 1.165) is 33.3 Å². The molecule has 11 aromatic carbocycles. The van der Waals surface area contributed by atoms with Gasteiger partial charge in [0.1, 0.15) is 11.2 Å². The van der Waals surface area contributed by atoms with Crippen molar-refractivity contribution in [3.05, 3.63) is 255 Å². The van der Waals surface area contributed by atoms with E-state index in [2.05, 4.69) is 264 Å². The summed E-state index contributed by atoms with van der Waals surface area (Å²) in [5, 5.41) is 15.2. The molecular formula is C66H42N2OSSi. The van der Waals surface area contributed by atoms with Gasteiger partial charge < -0.3 is 13.6 Å². The highest BCUT2D eigenvalue weighted by molar-refractivity contribution is 7.26. The Bertz CT molecular complexity index is 4540. The lowest BCUT2D eigenvalue weighted by atomic mass is 9.99. The molecule has 0 saturated carbocycles. The van der Waals surface area contributed by atoms with Crippen molar-refractivity contribution in [3.8, 4) is 22.5 Å². The van der Waals surface area contributed by atoms with Crippen molar-refractivity contribution in [2.75, 3.05) is 0 Å². The van der Waals surface area contributed by atoms with Gasteiger partial charge in [-0.1, -0.05) is 182 Å². The molecule has 0 unspecified atom stereocenters. The summed E-state index contributed by atoms with van der Waals surface area (Å²) in [7, 11) is -3.07. The van der Waals surface area contributed by atoms with Gasteiger partial charge in [0.15, 0.2) is 8.07 Å². The summed E-state index contributed by atoms with van der Waals surface area (Å²) in [6.45, 7) is 0. The third-order valence-corrected chi connectivity index (χ3v) is 21.0. The van der Waals surface area contributed by atoms with Crippen LogP contribution in [0.25, 0.3) is 108 Å². The topological polar surface area (TPSA) is 23.0 Å². The van der Waals surface area contributed by atoms with Gasteiger partial charge in [-0.05, 0) is 105 Å². The van der Waals surface area contributed by atoms with Crippen molar-refractivity contribution >= 4 is 126 Å². The molecule has 0 aliphatic carbocycles. The highest BCUT2D eigenvalue weighted by Gasteiger charge is 2.43. The quantitative estimate of drug-likeness (QED) is 0.115. The SMILES string of the molecule is c1ccc(-c2cccc3sc4ccc(-n5c6ccccc6c6cc(-n7c8ccccc8c8c([Si](c9ccccc9)(c9ccccc9)c9ccc%10oc%11ccccc%11c%10c9)cccc87)ccc65)cc4c23)cc1. The summed E-state index contributed by atoms with van der Waals surface area (Å²) in [6.07, 6.45) is 0. The molecule has 4 aromatic heterocycles. The number of hydrogen-bond donors (Lipinski definition) is 0. The maximum absolute atomic E-state index is 6.46. The molecule has 71 heavy (non-hydrogen) atoms. The molecule has 0 amide bonds. The van der Waals surface area contributed by atoms with E-state index < -0.39 is 8.07 Å². The molecule has 15 rings (SSSR count). The minimum atomic E-state index is -3.07. The molecule has 0 atom stereocenters. The zero-order chi connectivity index (χ0) is 46.6. The highest BCUT2D eigenvalue weighted by Crippen LogP contribution is 2.43. The number of rotatable bonds is 7. The lowest BCUT2D eigenvalue weighted by molar-refractivity contribution is 0.669. The molecular weight excluding hydrogens is 897 g/mol. The van der Waals surface area contributed by atoms with Gasteiger partial charge in [0, 0.05) is 63.9 Å². The largest absolute Gasteiger partial charge is 0.456 e. The second kappa shape index (κ2) is 15.6. The number of benzene rings is 11. The van der Waals surface area contributed by atoms with Crippen molar-refractivity contribution in [2.45, 2.75) is 0 Å².